The first-order valence-corrected chi connectivity index (χ1v) is 12.7. The molecule has 2 aromatic heterocycles. The van der Waals surface area contributed by atoms with Gasteiger partial charge in [-0.3, -0.25) is 4.68 Å². The quantitative estimate of drug-likeness (QED) is 0.582. The summed E-state index contributed by atoms with van der Waals surface area (Å²) in [6.45, 7) is 7.21. The number of hydrogen-bond donors (Lipinski definition) is 1. The first-order chi connectivity index (χ1) is 15.2. The standard InChI is InChI=1S/C22H25Cl2N5O2S/c1-14-18(15(2)28(3)27-14)13-32(30,31)22-19(23)10-17(11-20(22)24)16-4-5-26-21(12-16)29-8-6-25-7-9-29/h4-5,10-12,25H,6-9,13H2,1-3H3. The van der Waals surface area contributed by atoms with Crippen LogP contribution in [0.3, 0.4) is 0 Å². The van der Waals surface area contributed by atoms with E-state index >= 15 is 0 Å². The molecule has 1 saturated heterocycles. The molecule has 0 atom stereocenters. The molecule has 1 N–H and O–H groups in total. The van der Waals surface area contributed by atoms with Crippen molar-refractivity contribution in [3.8, 4) is 11.1 Å². The maximum atomic E-state index is 13.2. The van der Waals surface area contributed by atoms with Crippen LogP contribution in [-0.2, 0) is 22.6 Å². The zero-order valence-electron chi connectivity index (χ0n) is 18.2. The number of pyridine rings is 1. The Balaban J connectivity index is 1.68. The summed E-state index contributed by atoms with van der Waals surface area (Å²) in [5, 5.41) is 7.84. The highest BCUT2D eigenvalue weighted by molar-refractivity contribution is 7.90. The molecule has 4 rings (SSSR count). The molecular formula is C22H25Cl2N5O2S. The molecular weight excluding hydrogens is 469 g/mol. The SMILES string of the molecule is Cc1nn(C)c(C)c1CS(=O)(=O)c1c(Cl)cc(-c2ccnc(N3CCNCC3)c2)cc1Cl. The van der Waals surface area contributed by atoms with Gasteiger partial charge in [-0.05, 0) is 49.2 Å². The number of benzene rings is 1. The van der Waals surface area contributed by atoms with Gasteiger partial charge >= 0.3 is 0 Å². The summed E-state index contributed by atoms with van der Waals surface area (Å²) >= 11 is 13.0. The number of nitrogens with zero attached hydrogens (tertiary/aromatic N) is 4. The summed E-state index contributed by atoms with van der Waals surface area (Å²) in [7, 11) is -1.99. The van der Waals surface area contributed by atoms with Crippen molar-refractivity contribution in [2.45, 2.75) is 24.5 Å². The number of piperazine rings is 1. The molecule has 3 heterocycles. The Kier molecular flexibility index (Phi) is 6.49. The maximum absolute atomic E-state index is 13.2. The summed E-state index contributed by atoms with van der Waals surface area (Å²) in [6, 6.07) is 7.15. The van der Waals surface area contributed by atoms with E-state index in [1.807, 2.05) is 19.1 Å². The third kappa shape index (κ3) is 4.50. The fraction of sp³-hybridized carbons (Fsp3) is 0.364. The van der Waals surface area contributed by atoms with Gasteiger partial charge in [0.15, 0.2) is 9.84 Å². The largest absolute Gasteiger partial charge is 0.354 e. The molecule has 0 bridgehead atoms. The molecule has 0 aliphatic carbocycles. The van der Waals surface area contributed by atoms with Gasteiger partial charge in [0.05, 0.1) is 21.5 Å². The highest BCUT2D eigenvalue weighted by Gasteiger charge is 2.26. The van der Waals surface area contributed by atoms with E-state index in [0.29, 0.717) is 11.3 Å². The van der Waals surface area contributed by atoms with Crippen LogP contribution in [0.25, 0.3) is 11.1 Å². The third-order valence-electron chi connectivity index (χ3n) is 5.82. The lowest BCUT2D eigenvalue weighted by molar-refractivity contribution is 0.585. The van der Waals surface area contributed by atoms with Crippen molar-refractivity contribution in [1.29, 1.82) is 0 Å². The normalized spacial score (nSPS) is 14.7. The van der Waals surface area contributed by atoms with Gasteiger partial charge in [0.2, 0.25) is 0 Å². The Morgan fingerprint density at radius 2 is 1.72 bits per heavy atom. The Bertz CT molecular complexity index is 1240. The predicted molar refractivity (Wildman–Crippen MR) is 128 cm³/mol. The van der Waals surface area contributed by atoms with Crippen molar-refractivity contribution >= 4 is 38.9 Å². The highest BCUT2D eigenvalue weighted by atomic mass is 35.5. The van der Waals surface area contributed by atoms with Gasteiger partial charge in [0, 0.05) is 50.7 Å². The molecule has 10 heteroatoms. The van der Waals surface area contributed by atoms with Crippen molar-refractivity contribution in [3.05, 3.63) is 57.5 Å². The first-order valence-electron chi connectivity index (χ1n) is 10.3. The smallest absolute Gasteiger partial charge is 0.185 e. The molecule has 1 fully saturated rings. The van der Waals surface area contributed by atoms with E-state index in [4.69, 9.17) is 23.2 Å². The molecule has 3 aromatic rings. The molecule has 170 valence electrons. The van der Waals surface area contributed by atoms with Crippen molar-refractivity contribution in [1.82, 2.24) is 20.1 Å². The number of anilines is 1. The van der Waals surface area contributed by atoms with Crippen LogP contribution in [0.1, 0.15) is 17.0 Å². The minimum absolute atomic E-state index is 0.0522. The second-order valence-electron chi connectivity index (χ2n) is 7.94. The molecule has 32 heavy (non-hydrogen) atoms. The number of halogens is 2. The minimum atomic E-state index is -3.78. The number of nitrogens with one attached hydrogen (secondary N) is 1. The average molecular weight is 494 g/mol. The molecule has 1 aliphatic heterocycles. The Hall–Kier alpha value is -2.13. The van der Waals surface area contributed by atoms with Gasteiger partial charge in [0.25, 0.3) is 0 Å². The third-order valence-corrected chi connectivity index (χ3v) is 8.37. The number of hydrogen-bond acceptors (Lipinski definition) is 6. The predicted octanol–water partition coefficient (Wildman–Crippen LogP) is 3.79. The van der Waals surface area contributed by atoms with Crippen LogP contribution in [0, 0.1) is 13.8 Å². The summed E-state index contributed by atoms with van der Waals surface area (Å²) in [6.07, 6.45) is 1.74. The Morgan fingerprint density at radius 3 is 2.31 bits per heavy atom. The molecule has 0 amide bonds. The number of rotatable bonds is 5. The summed E-state index contributed by atoms with van der Waals surface area (Å²) in [5.41, 5.74) is 3.76. The van der Waals surface area contributed by atoms with E-state index in [1.165, 1.54) is 0 Å². The first kappa shape index (κ1) is 23.0. The van der Waals surface area contributed by atoms with Crippen LogP contribution in [-0.4, -0.2) is 49.4 Å². The maximum Gasteiger partial charge on any atom is 0.185 e. The average Bonchev–Trinajstić information content (AvgIpc) is 2.99. The summed E-state index contributed by atoms with van der Waals surface area (Å²) in [5.74, 6) is 0.662. The van der Waals surface area contributed by atoms with Gasteiger partial charge < -0.3 is 10.2 Å². The lowest BCUT2D eigenvalue weighted by Gasteiger charge is -2.28. The van der Waals surface area contributed by atoms with Gasteiger partial charge in [-0.15, -0.1) is 0 Å². The highest BCUT2D eigenvalue weighted by Crippen LogP contribution is 2.37. The van der Waals surface area contributed by atoms with Crippen molar-refractivity contribution in [2.24, 2.45) is 7.05 Å². The van der Waals surface area contributed by atoms with E-state index in [9.17, 15) is 8.42 Å². The zero-order valence-corrected chi connectivity index (χ0v) is 20.5. The van der Waals surface area contributed by atoms with Crippen molar-refractivity contribution in [3.63, 3.8) is 0 Å². The topological polar surface area (TPSA) is 80.1 Å². The van der Waals surface area contributed by atoms with E-state index in [1.54, 1.807) is 37.0 Å². The van der Waals surface area contributed by atoms with Crippen LogP contribution in [0.4, 0.5) is 5.82 Å². The second kappa shape index (κ2) is 9.02. The molecule has 7 nitrogen and oxygen atoms in total. The van der Waals surface area contributed by atoms with Gasteiger partial charge in [-0.25, -0.2) is 13.4 Å². The summed E-state index contributed by atoms with van der Waals surface area (Å²) < 4.78 is 28.1. The number of aromatic nitrogens is 3. The van der Waals surface area contributed by atoms with Crippen LogP contribution in [0.2, 0.25) is 10.0 Å². The Morgan fingerprint density at radius 1 is 1.06 bits per heavy atom. The van der Waals surface area contributed by atoms with Gasteiger partial charge in [-0.2, -0.15) is 5.10 Å². The molecule has 0 spiro atoms. The monoisotopic (exact) mass is 493 g/mol. The minimum Gasteiger partial charge on any atom is -0.354 e. The van der Waals surface area contributed by atoms with Crippen LogP contribution >= 0.6 is 23.2 Å². The van der Waals surface area contributed by atoms with Crippen LogP contribution in [0.5, 0.6) is 0 Å². The Labute approximate surface area is 198 Å². The van der Waals surface area contributed by atoms with E-state index in [-0.39, 0.29) is 20.7 Å². The summed E-state index contributed by atoms with van der Waals surface area (Å²) in [4.78, 5) is 6.64. The van der Waals surface area contributed by atoms with Gasteiger partial charge in [-0.1, -0.05) is 23.2 Å². The van der Waals surface area contributed by atoms with Gasteiger partial charge in [0.1, 0.15) is 10.7 Å². The lowest BCUT2D eigenvalue weighted by atomic mass is 10.1. The molecule has 0 radical (unpaired) electrons. The molecule has 0 saturated carbocycles. The van der Waals surface area contributed by atoms with Crippen molar-refractivity contribution in [2.75, 3.05) is 31.1 Å². The van der Waals surface area contributed by atoms with Crippen LogP contribution in [0.15, 0.2) is 35.4 Å². The van der Waals surface area contributed by atoms with Crippen LogP contribution < -0.4 is 10.2 Å². The number of sulfone groups is 1. The molecule has 1 aromatic carbocycles. The number of aryl methyl sites for hydroxylation is 2. The molecule has 1 aliphatic rings. The van der Waals surface area contributed by atoms with E-state index < -0.39 is 9.84 Å². The van der Waals surface area contributed by atoms with E-state index in [0.717, 1.165) is 48.8 Å². The fourth-order valence-electron chi connectivity index (χ4n) is 3.98. The van der Waals surface area contributed by atoms with E-state index in [2.05, 4.69) is 20.3 Å². The second-order valence-corrected chi connectivity index (χ2v) is 10.7. The molecule has 0 unspecified atom stereocenters. The van der Waals surface area contributed by atoms with Crippen molar-refractivity contribution < 1.29 is 8.42 Å². The zero-order chi connectivity index (χ0) is 23.0. The fourth-order valence-corrected chi connectivity index (χ4v) is 6.82. The lowest BCUT2D eigenvalue weighted by Crippen LogP contribution is -2.43.